The van der Waals surface area contributed by atoms with E-state index in [2.05, 4.69) is 15.8 Å². The summed E-state index contributed by atoms with van der Waals surface area (Å²) in [7, 11) is 0. The highest BCUT2D eigenvalue weighted by atomic mass is 16.4. The lowest BCUT2D eigenvalue weighted by Gasteiger charge is -2.24. The Labute approximate surface area is 106 Å². The van der Waals surface area contributed by atoms with Crippen LogP contribution in [0.5, 0.6) is 0 Å². The van der Waals surface area contributed by atoms with Gasteiger partial charge in [0.15, 0.2) is 5.84 Å². The van der Waals surface area contributed by atoms with Gasteiger partial charge in [0, 0.05) is 6.54 Å². The van der Waals surface area contributed by atoms with Gasteiger partial charge < -0.3 is 21.6 Å². The molecular weight excluding hydrogens is 232 g/mol. The Hall–Kier alpha value is -2.24. The van der Waals surface area contributed by atoms with Crippen molar-refractivity contribution < 1.29 is 10.0 Å². The number of amidine groups is 1. The number of urea groups is 1. The van der Waals surface area contributed by atoms with Gasteiger partial charge in [0.2, 0.25) is 0 Å². The lowest BCUT2D eigenvalue weighted by Crippen LogP contribution is -2.55. The fourth-order valence-corrected chi connectivity index (χ4v) is 1.30. The molecule has 0 atom stereocenters. The number of carbonyl (C=O) groups is 1. The molecule has 0 saturated carbocycles. The van der Waals surface area contributed by atoms with Crippen LogP contribution in [-0.4, -0.2) is 22.6 Å². The normalized spacial score (nSPS) is 12.0. The van der Waals surface area contributed by atoms with Gasteiger partial charge in [0.05, 0.1) is 5.54 Å². The summed E-state index contributed by atoms with van der Waals surface area (Å²) in [5.41, 5.74) is 5.55. The van der Waals surface area contributed by atoms with Crippen molar-refractivity contribution in [3.63, 3.8) is 0 Å². The maximum atomic E-state index is 11.6. The molecule has 0 spiro atoms. The standard InChI is InChI=1S/C12H18N4O2/c1-12(2,10(13)16-18)15-11(17)14-8-9-6-4-3-5-7-9/h3-7,18H,8H2,1-2H3,(H2,13,16)(H2,14,15,17). The van der Waals surface area contributed by atoms with E-state index in [0.717, 1.165) is 5.56 Å². The van der Waals surface area contributed by atoms with Gasteiger partial charge in [-0.1, -0.05) is 35.5 Å². The average molecular weight is 250 g/mol. The SMILES string of the molecule is CC(C)(NC(=O)NCc1ccccc1)/C(N)=N/O. The molecule has 0 saturated heterocycles. The number of hydrogen-bond donors (Lipinski definition) is 4. The zero-order valence-electron chi connectivity index (χ0n) is 10.5. The molecule has 6 nitrogen and oxygen atoms in total. The van der Waals surface area contributed by atoms with Gasteiger partial charge in [0.1, 0.15) is 0 Å². The molecule has 98 valence electrons. The summed E-state index contributed by atoms with van der Waals surface area (Å²) in [6.45, 7) is 3.70. The molecule has 1 aromatic rings. The Kier molecular flexibility index (Phi) is 4.53. The summed E-state index contributed by atoms with van der Waals surface area (Å²) in [4.78, 5) is 11.6. The summed E-state index contributed by atoms with van der Waals surface area (Å²) in [5, 5.41) is 16.8. The quantitative estimate of drug-likeness (QED) is 0.278. The van der Waals surface area contributed by atoms with Gasteiger partial charge in [-0.15, -0.1) is 0 Å². The molecule has 1 rings (SSSR count). The van der Waals surface area contributed by atoms with Crippen LogP contribution in [-0.2, 0) is 6.54 Å². The van der Waals surface area contributed by atoms with Crippen LogP contribution in [0.1, 0.15) is 19.4 Å². The molecule has 18 heavy (non-hydrogen) atoms. The van der Waals surface area contributed by atoms with Gasteiger partial charge >= 0.3 is 6.03 Å². The van der Waals surface area contributed by atoms with E-state index in [1.807, 2.05) is 30.3 Å². The summed E-state index contributed by atoms with van der Waals surface area (Å²) in [6.07, 6.45) is 0. The van der Waals surface area contributed by atoms with Crippen molar-refractivity contribution in [3.05, 3.63) is 35.9 Å². The lowest BCUT2D eigenvalue weighted by atomic mass is 10.1. The van der Waals surface area contributed by atoms with Crippen LogP contribution in [0, 0.1) is 0 Å². The van der Waals surface area contributed by atoms with E-state index in [1.54, 1.807) is 13.8 Å². The fraction of sp³-hybridized carbons (Fsp3) is 0.333. The minimum atomic E-state index is -0.907. The van der Waals surface area contributed by atoms with Gasteiger partial charge in [-0.3, -0.25) is 0 Å². The molecule has 0 aliphatic heterocycles. The first-order chi connectivity index (χ1) is 8.45. The van der Waals surface area contributed by atoms with Gasteiger partial charge in [-0.25, -0.2) is 4.79 Å². The second-order valence-electron chi connectivity index (χ2n) is 4.40. The van der Waals surface area contributed by atoms with E-state index in [0.29, 0.717) is 6.54 Å². The van der Waals surface area contributed by atoms with Gasteiger partial charge in [-0.2, -0.15) is 0 Å². The number of rotatable bonds is 4. The number of nitrogens with two attached hydrogens (primary N) is 1. The number of hydrogen-bond acceptors (Lipinski definition) is 3. The number of carbonyl (C=O) groups excluding carboxylic acids is 1. The smallest absolute Gasteiger partial charge is 0.315 e. The van der Waals surface area contributed by atoms with E-state index < -0.39 is 5.54 Å². The number of nitrogens with zero attached hydrogens (tertiary/aromatic N) is 1. The van der Waals surface area contributed by atoms with Crippen LogP contribution in [0.25, 0.3) is 0 Å². The Bertz CT molecular complexity index is 429. The maximum absolute atomic E-state index is 11.6. The number of oxime groups is 1. The molecule has 6 heteroatoms. The van der Waals surface area contributed by atoms with Crippen molar-refractivity contribution in [1.82, 2.24) is 10.6 Å². The van der Waals surface area contributed by atoms with Crippen molar-refractivity contribution in [2.75, 3.05) is 0 Å². The van der Waals surface area contributed by atoms with Gasteiger partial charge in [-0.05, 0) is 19.4 Å². The molecule has 2 amide bonds. The number of nitrogens with one attached hydrogen (secondary N) is 2. The highest BCUT2D eigenvalue weighted by Crippen LogP contribution is 2.02. The van der Waals surface area contributed by atoms with Crippen LogP contribution in [0.2, 0.25) is 0 Å². The molecule has 1 aromatic carbocycles. The van der Waals surface area contributed by atoms with Crippen LogP contribution in [0.15, 0.2) is 35.5 Å². The van der Waals surface area contributed by atoms with Crippen LogP contribution >= 0.6 is 0 Å². The van der Waals surface area contributed by atoms with Crippen molar-refractivity contribution in [3.8, 4) is 0 Å². The Morgan fingerprint density at radius 2 is 2.00 bits per heavy atom. The van der Waals surface area contributed by atoms with Crippen LogP contribution in [0.3, 0.4) is 0 Å². The van der Waals surface area contributed by atoms with Crippen LogP contribution < -0.4 is 16.4 Å². The number of amides is 2. The predicted molar refractivity (Wildman–Crippen MR) is 69.3 cm³/mol. The zero-order chi connectivity index (χ0) is 13.6. The first kappa shape index (κ1) is 13.8. The van der Waals surface area contributed by atoms with Crippen molar-refractivity contribution >= 4 is 11.9 Å². The predicted octanol–water partition coefficient (Wildman–Crippen LogP) is 1.01. The Balaban J connectivity index is 2.48. The molecule has 0 aliphatic carbocycles. The molecular formula is C12H18N4O2. The van der Waals surface area contributed by atoms with Gasteiger partial charge in [0.25, 0.3) is 0 Å². The molecule has 5 N–H and O–H groups in total. The largest absolute Gasteiger partial charge is 0.409 e. The van der Waals surface area contributed by atoms with Crippen molar-refractivity contribution in [1.29, 1.82) is 0 Å². The number of benzene rings is 1. The average Bonchev–Trinajstić information content (AvgIpc) is 2.36. The minimum absolute atomic E-state index is 0.0580. The molecule has 0 radical (unpaired) electrons. The fourth-order valence-electron chi connectivity index (χ4n) is 1.30. The summed E-state index contributed by atoms with van der Waals surface area (Å²) in [5.74, 6) is -0.0580. The van der Waals surface area contributed by atoms with E-state index >= 15 is 0 Å². The second-order valence-corrected chi connectivity index (χ2v) is 4.40. The third kappa shape index (κ3) is 3.97. The summed E-state index contributed by atoms with van der Waals surface area (Å²) >= 11 is 0. The highest BCUT2D eigenvalue weighted by molar-refractivity contribution is 5.92. The molecule has 0 aromatic heterocycles. The van der Waals surface area contributed by atoms with Crippen LogP contribution in [0.4, 0.5) is 4.79 Å². The first-order valence-corrected chi connectivity index (χ1v) is 5.53. The Morgan fingerprint density at radius 1 is 1.39 bits per heavy atom. The zero-order valence-corrected chi connectivity index (χ0v) is 10.5. The Morgan fingerprint density at radius 3 is 2.56 bits per heavy atom. The minimum Gasteiger partial charge on any atom is -0.409 e. The molecule has 0 heterocycles. The van der Waals surface area contributed by atoms with E-state index in [1.165, 1.54) is 0 Å². The molecule has 0 fully saturated rings. The second kappa shape index (κ2) is 5.90. The van der Waals surface area contributed by atoms with E-state index in [9.17, 15) is 4.79 Å². The topological polar surface area (TPSA) is 99.7 Å². The highest BCUT2D eigenvalue weighted by Gasteiger charge is 2.25. The first-order valence-electron chi connectivity index (χ1n) is 5.53. The maximum Gasteiger partial charge on any atom is 0.315 e. The monoisotopic (exact) mass is 250 g/mol. The third-order valence-electron chi connectivity index (χ3n) is 2.47. The van der Waals surface area contributed by atoms with E-state index in [-0.39, 0.29) is 11.9 Å². The molecule has 0 aliphatic rings. The van der Waals surface area contributed by atoms with Crippen molar-refractivity contribution in [2.24, 2.45) is 10.9 Å². The summed E-state index contributed by atoms with van der Waals surface area (Å²) < 4.78 is 0. The lowest BCUT2D eigenvalue weighted by molar-refractivity contribution is 0.234. The van der Waals surface area contributed by atoms with Crippen molar-refractivity contribution in [2.45, 2.75) is 25.9 Å². The molecule has 0 bridgehead atoms. The summed E-state index contributed by atoms with van der Waals surface area (Å²) in [6, 6.07) is 9.15. The third-order valence-corrected chi connectivity index (χ3v) is 2.47. The molecule has 0 unspecified atom stereocenters. The van der Waals surface area contributed by atoms with E-state index in [4.69, 9.17) is 10.9 Å².